The molecule has 0 aliphatic carbocycles. The van der Waals surface area contributed by atoms with Gasteiger partial charge in [0.1, 0.15) is 5.69 Å². The number of nitrogens with one attached hydrogen (secondary N) is 1. The Hall–Kier alpha value is -3.28. The number of aromatic nitrogens is 3. The fourth-order valence-corrected chi connectivity index (χ4v) is 3.77. The molecular weight excluding hydrogens is 364 g/mol. The Labute approximate surface area is 170 Å². The van der Waals surface area contributed by atoms with E-state index in [0.29, 0.717) is 24.4 Å². The summed E-state index contributed by atoms with van der Waals surface area (Å²) in [6, 6.07) is 12.1. The van der Waals surface area contributed by atoms with Crippen LogP contribution in [0, 0.1) is 20.8 Å². The predicted octanol–water partition coefficient (Wildman–Crippen LogP) is 4.35. The molecule has 150 valence electrons. The molecule has 3 aromatic heterocycles. The van der Waals surface area contributed by atoms with Crippen LogP contribution in [0.25, 0.3) is 11.1 Å². The highest BCUT2D eigenvalue weighted by atomic mass is 16.3. The number of benzene rings is 1. The largest absolute Gasteiger partial charge is 0.463 e. The van der Waals surface area contributed by atoms with Gasteiger partial charge >= 0.3 is 0 Å². The summed E-state index contributed by atoms with van der Waals surface area (Å²) in [5.74, 6) is -0.119. The lowest BCUT2D eigenvalue weighted by Crippen LogP contribution is -2.26. The molecule has 29 heavy (non-hydrogen) atoms. The number of hydrogen-bond acceptors (Lipinski definition) is 3. The number of rotatable bonds is 6. The van der Waals surface area contributed by atoms with Gasteiger partial charge in [0, 0.05) is 43.0 Å². The van der Waals surface area contributed by atoms with Crippen molar-refractivity contribution in [3.63, 3.8) is 0 Å². The van der Waals surface area contributed by atoms with Crippen molar-refractivity contribution >= 4 is 17.0 Å². The number of fused-ring (bicyclic) bond motifs is 1. The summed E-state index contributed by atoms with van der Waals surface area (Å²) in [4.78, 5) is 13.0. The van der Waals surface area contributed by atoms with E-state index in [1.807, 2.05) is 35.2 Å². The molecule has 3 heterocycles. The molecule has 0 atom stereocenters. The van der Waals surface area contributed by atoms with E-state index in [-0.39, 0.29) is 5.91 Å². The third-order valence-electron chi connectivity index (χ3n) is 5.47. The normalized spacial score (nSPS) is 11.3. The Morgan fingerprint density at radius 1 is 1.14 bits per heavy atom. The molecular formula is C23H26N4O2. The molecule has 0 bridgehead atoms. The van der Waals surface area contributed by atoms with Crippen LogP contribution in [0.1, 0.15) is 45.5 Å². The van der Waals surface area contributed by atoms with E-state index in [4.69, 9.17) is 4.42 Å². The lowest BCUT2D eigenvalue weighted by Gasteiger charge is -2.11. The van der Waals surface area contributed by atoms with E-state index in [0.717, 1.165) is 34.6 Å². The van der Waals surface area contributed by atoms with Gasteiger partial charge in [-0.3, -0.25) is 9.48 Å². The second kappa shape index (κ2) is 7.62. The maximum Gasteiger partial charge on any atom is 0.268 e. The van der Waals surface area contributed by atoms with E-state index in [1.54, 1.807) is 6.26 Å². The molecule has 1 amide bonds. The van der Waals surface area contributed by atoms with E-state index in [2.05, 4.69) is 48.5 Å². The number of amides is 1. The van der Waals surface area contributed by atoms with Crippen LogP contribution in [-0.4, -0.2) is 20.3 Å². The van der Waals surface area contributed by atoms with Gasteiger partial charge < -0.3 is 14.3 Å². The highest BCUT2D eigenvalue weighted by Crippen LogP contribution is 2.23. The van der Waals surface area contributed by atoms with E-state index >= 15 is 0 Å². The number of carbonyl (C=O) groups excluding carboxylic acids is 1. The zero-order chi connectivity index (χ0) is 20.5. The van der Waals surface area contributed by atoms with Crippen LogP contribution in [0.4, 0.5) is 0 Å². The Bertz CT molecular complexity index is 1160. The fourth-order valence-electron chi connectivity index (χ4n) is 3.77. The van der Waals surface area contributed by atoms with Gasteiger partial charge in [-0.25, -0.2) is 0 Å². The monoisotopic (exact) mass is 390 g/mol. The van der Waals surface area contributed by atoms with Crippen molar-refractivity contribution in [3.8, 4) is 0 Å². The van der Waals surface area contributed by atoms with Gasteiger partial charge in [0.15, 0.2) is 5.58 Å². The Morgan fingerprint density at radius 2 is 1.90 bits per heavy atom. The molecule has 0 radical (unpaired) electrons. The first-order chi connectivity index (χ1) is 14.0. The van der Waals surface area contributed by atoms with E-state index in [1.165, 1.54) is 5.56 Å². The molecule has 1 N–H and O–H groups in total. The summed E-state index contributed by atoms with van der Waals surface area (Å²) in [5.41, 5.74) is 7.70. The van der Waals surface area contributed by atoms with Crippen LogP contribution >= 0.6 is 0 Å². The van der Waals surface area contributed by atoms with Crippen molar-refractivity contribution in [1.82, 2.24) is 19.7 Å². The van der Waals surface area contributed by atoms with Crippen molar-refractivity contribution in [1.29, 1.82) is 0 Å². The topological polar surface area (TPSA) is 65.0 Å². The molecule has 0 spiro atoms. The minimum atomic E-state index is -0.119. The maximum atomic E-state index is 13.0. The molecule has 0 aliphatic rings. The Balaban J connectivity index is 1.60. The van der Waals surface area contributed by atoms with Crippen LogP contribution in [0.5, 0.6) is 0 Å². The summed E-state index contributed by atoms with van der Waals surface area (Å²) in [6.07, 6.45) is 1.66. The van der Waals surface area contributed by atoms with Gasteiger partial charge in [-0.05, 0) is 33.3 Å². The molecule has 0 aliphatic heterocycles. The quantitative estimate of drug-likeness (QED) is 0.532. The smallest absolute Gasteiger partial charge is 0.268 e. The van der Waals surface area contributed by atoms with Crippen molar-refractivity contribution in [2.45, 2.75) is 47.3 Å². The lowest BCUT2D eigenvalue weighted by atomic mass is 10.1. The molecule has 6 nitrogen and oxygen atoms in total. The third kappa shape index (κ3) is 3.58. The molecule has 4 rings (SSSR count). The highest BCUT2D eigenvalue weighted by molar-refractivity contribution is 5.97. The molecule has 0 saturated heterocycles. The average molecular weight is 390 g/mol. The van der Waals surface area contributed by atoms with Gasteiger partial charge in [-0.15, -0.1) is 0 Å². The number of furan rings is 1. The first-order valence-corrected chi connectivity index (χ1v) is 9.91. The number of hydrogen-bond donors (Lipinski definition) is 1. The summed E-state index contributed by atoms with van der Waals surface area (Å²) < 4.78 is 9.52. The molecule has 6 heteroatoms. The van der Waals surface area contributed by atoms with Crippen LogP contribution < -0.4 is 5.32 Å². The Kier molecular flexibility index (Phi) is 5.01. The van der Waals surface area contributed by atoms with Crippen LogP contribution in [0.3, 0.4) is 0 Å². The summed E-state index contributed by atoms with van der Waals surface area (Å²) in [5, 5.41) is 7.60. The fraction of sp³-hybridized carbons (Fsp3) is 0.304. The van der Waals surface area contributed by atoms with Gasteiger partial charge in [0.05, 0.1) is 17.5 Å². The molecule has 0 unspecified atom stereocenters. The zero-order valence-corrected chi connectivity index (χ0v) is 17.3. The zero-order valence-electron chi connectivity index (χ0n) is 17.3. The standard InChI is InChI=1S/C23H26N4O2/c1-5-27-17(4)19(16(3)25-27)13-24-23(28)21-12-22-20(10-11-29-22)26(21)14-18-8-6-15(2)7-9-18/h6-12H,5,13-14H2,1-4H3,(H,24,28). The molecule has 4 aromatic rings. The van der Waals surface area contributed by atoms with Gasteiger partial charge in [0.2, 0.25) is 0 Å². The van der Waals surface area contributed by atoms with Gasteiger partial charge in [-0.1, -0.05) is 29.8 Å². The summed E-state index contributed by atoms with van der Waals surface area (Å²) in [7, 11) is 0. The van der Waals surface area contributed by atoms with E-state index in [9.17, 15) is 4.79 Å². The average Bonchev–Trinajstić information content (AvgIpc) is 3.37. The molecule has 1 aromatic carbocycles. The Morgan fingerprint density at radius 3 is 2.59 bits per heavy atom. The summed E-state index contributed by atoms with van der Waals surface area (Å²) >= 11 is 0. The lowest BCUT2D eigenvalue weighted by molar-refractivity contribution is 0.0942. The first-order valence-electron chi connectivity index (χ1n) is 9.91. The number of aryl methyl sites for hydroxylation is 3. The van der Waals surface area contributed by atoms with Crippen molar-refractivity contribution < 1.29 is 9.21 Å². The SMILES string of the molecule is CCn1nc(C)c(CNC(=O)c2cc3occc3n2Cc2ccc(C)cc2)c1C. The van der Waals surface area contributed by atoms with Gasteiger partial charge in [0.25, 0.3) is 5.91 Å². The minimum absolute atomic E-state index is 0.119. The number of carbonyl (C=O) groups is 1. The number of nitrogens with zero attached hydrogens (tertiary/aromatic N) is 3. The predicted molar refractivity (Wildman–Crippen MR) is 113 cm³/mol. The highest BCUT2D eigenvalue weighted by Gasteiger charge is 2.19. The molecule has 0 saturated carbocycles. The second-order valence-corrected chi connectivity index (χ2v) is 7.42. The molecule has 0 fully saturated rings. The summed E-state index contributed by atoms with van der Waals surface area (Å²) in [6.45, 7) is 10.0. The van der Waals surface area contributed by atoms with Crippen LogP contribution in [0.15, 0.2) is 47.1 Å². The maximum absolute atomic E-state index is 13.0. The van der Waals surface area contributed by atoms with Crippen LogP contribution in [0.2, 0.25) is 0 Å². The minimum Gasteiger partial charge on any atom is -0.463 e. The first kappa shape index (κ1) is 19.1. The van der Waals surface area contributed by atoms with Crippen molar-refractivity contribution in [2.24, 2.45) is 0 Å². The van der Waals surface area contributed by atoms with Crippen molar-refractivity contribution in [2.75, 3.05) is 0 Å². The van der Waals surface area contributed by atoms with E-state index < -0.39 is 0 Å². The van der Waals surface area contributed by atoms with Gasteiger partial charge in [-0.2, -0.15) is 5.10 Å². The van der Waals surface area contributed by atoms with Crippen molar-refractivity contribution in [3.05, 3.63) is 76.4 Å². The third-order valence-corrected chi connectivity index (χ3v) is 5.47. The second-order valence-electron chi connectivity index (χ2n) is 7.42. The van der Waals surface area contributed by atoms with Crippen LogP contribution in [-0.2, 0) is 19.6 Å².